The average molecular weight is 216 g/mol. The summed E-state index contributed by atoms with van der Waals surface area (Å²) < 4.78 is 10.9. The Balaban J connectivity index is 2.48. The van der Waals surface area contributed by atoms with Crippen molar-refractivity contribution in [3.05, 3.63) is 0 Å². The highest BCUT2D eigenvalue weighted by Crippen LogP contribution is 2.19. The first-order valence-electron chi connectivity index (χ1n) is 5.73. The Bertz CT molecular complexity index is 172. The molecule has 3 atom stereocenters. The lowest BCUT2D eigenvalue weighted by molar-refractivity contribution is 0.00790. The molecule has 90 valence electrons. The van der Waals surface area contributed by atoms with Crippen LogP contribution in [0.1, 0.15) is 19.8 Å². The van der Waals surface area contributed by atoms with E-state index in [1.807, 2.05) is 0 Å². The highest BCUT2D eigenvalue weighted by Gasteiger charge is 2.29. The minimum atomic E-state index is 0.305. The number of hydrogen-bond acceptors (Lipinski definition) is 4. The number of methoxy groups -OCH3 is 1. The highest BCUT2D eigenvalue weighted by molar-refractivity contribution is 4.84. The van der Waals surface area contributed by atoms with Gasteiger partial charge in [0.2, 0.25) is 0 Å². The molecule has 1 saturated heterocycles. The smallest absolute Gasteiger partial charge is 0.0743 e. The molecule has 1 aliphatic heterocycles. The maximum Gasteiger partial charge on any atom is 0.0743 e. The lowest BCUT2D eigenvalue weighted by Gasteiger charge is -2.35. The van der Waals surface area contributed by atoms with Crippen LogP contribution in [0.3, 0.4) is 0 Å². The molecule has 1 heterocycles. The predicted octanol–water partition coefficient (Wildman–Crippen LogP) is 0.459. The molecule has 4 nitrogen and oxygen atoms in total. The van der Waals surface area contributed by atoms with Crippen LogP contribution in [-0.2, 0) is 9.47 Å². The molecule has 0 aromatic heterocycles. The molecule has 0 bridgehead atoms. The molecule has 0 saturated carbocycles. The summed E-state index contributed by atoms with van der Waals surface area (Å²) in [5.41, 5.74) is 5.82. The van der Waals surface area contributed by atoms with Crippen molar-refractivity contribution in [2.75, 3.05) is 33.9 Å². The van der Waals surface area contributed by atoms with Crippen LogP contribution >= 0.6 is 0 Å². The molecule has 15 heavy (non-hydrogen) atoms. The number of likely N-dealkylation sites (N-methyl/N-ethyl adjacent to an activating group) is 1. The molecular formula is C11H24N2O2. The molecule has 3 unspecified atom stereocenters. The predicted molar refractivity (Wildman–Crippen MR) is 60.9 cm³/mol. The van der Waals surface area contributed by atoms with E-state index in [9.17, 15) is 0 Å². The van der Waals surface area contributed by atoms with E-state index >= 15 is 0 Å². The molecule has 0 aliphatic carbocycles. The summed E-state index contributed by atoms with van der Waals surface area (Å²) in [6, 6.07) is 0.699. The monoisotopic (exact) mass is 216 g/mol. The molecule has 2 N–H and O–H groups in total. The van der Waals surface area contributed by atoms with Crippen LogP contribution in [0.2, 0.25) is 0 Å². The Morgan fingerprint density at radius 2 is 2.33 bits per heavy atom. The number of hydrogen-bond donors (Lipinski definition) is 1. The van der Waals surface area contributed by atoms with Crippen LogP contribution in [0.15, 0.2) is 0 Å². The molecule has 4 heteroatoms. The van der Waals surface area contributed by atoms with Crippen molar-refractivity contribution in [2.45, 2.75) is 38.0 Å². The SMILES string of the molecule is COCC(C)N(C)C(CN)C1CCCO1. The average Bonchev–Trinajstić information content (AvgIpc) is 2.72. The van der Waals surface area contributed by atoms with Crippen molar-refractivity contribution in [1.29, 1.82) is 0 Å². The molecule has 1 rings (SSSR count). The molecule has 0 aromatic carbocycles. The maximum atomic E-state index is 5.82. The van der Waals surface area contributed by atoms with Crippen LogP contribution < -0.4 is 5.73 Å². The van der Waals surface area contributed by atoms with E-state index in [1.54, 1.807) is 7.11 Å². The fourth-order valence-electron chi connectivity index (χ4n) is 2.17. The third kappa shape index (κ3) is 3.41. The third-order valence-electron chi connectivity index (χ3n) is 3.26. The maximum absolute atomic E-state index is 5.82. The lowest BCUT2D eigenvalue weighted by atomic mass is 10.1. The van der Waals surface area contributed by atoms with Crippen molar-refractivity contribution in [3.63, 3.8) is 0 Å². The van der Waals surface area contributed by atoms with Crippen LogP contribution in [0.4, 0.5) is 0 Å². The van der Waals surface area contributed by atoms with Gasteiger partial charge >= 0.3 is 0 Å². The van der Waals surface area contributed by atoms with Gasteiger partial charge in [-0.3, -0.25) is 4.90 Å². The third-order valence-corrected chi connectivity index (χ3v) is 3.26. The standard InChI is InChI=1S/C11H24N2O2/c1-9(8-14-3)13(2)10(7-12)11-5-4-6-15-11/h9-11H,4-8,12H2,1-3H3. The van der Waals surface area contributed by atoms with Crippen LogP contribution in [-0.4, -0.2) is 57.0 Å². The minimum absolute atomic E-state index is 0.305. The highest BCUT2D eigenvalue weighted by atomic mass is 16.5. The minimum Gasteiger partial charge on any atom is -0.383 e. The van der Waals surface area contributed by atoms with Gasteiger partial charge in [-0.15, -0.1) is 0 Å². The fourth-order valence-corrected chi connectivity index (χ4v) is 2.17. The molecule has 0 amide bonds. The number of ether oxygens (including phenoxy) is 2. The quantitative estimate of drug-likeness (QED) is 0.701. The molecule has 0 spiro atoms. The van der Waals surface area contributed by atoms with E-state index in [0.717, 1.165) is 26.1 Å². The molecular weight excluding hydrogens is 192 g/mol. The van der Waals surface area contributed by atoms with Gasteiger partial charge in [-0.1, -0.05) is 0 Å². The van der Waals surface area contributed by atoms with Gasteiger partial charge in [0.1, 0.15) is 0 Å². The van der Waals surface area contributed by atoms with Crippen LogP contribution in [0.25, 0.3) is 0 Å². The van der Waals surface area contributed by atoms with Gasteiger partial charge in [-0.25, -0.2) is 0 Å². The van der Waals surface area contributed by atoms with Gasteiger partial charge in [-0.05, 0) is 26.8 Å². The first-order valence-corrected chi connectivity index (χ1v) is 5.73. The van der Waals surface area contributed by atoms with Gasteiger partial charge in [-0.2, -0.15) is 0 Å². The van der Waals surface area contributed by atoms with Crippen molar-refractivity contribution < 1.29 is 9.47 Å². The lowest BCUT2D eigenvalue weighted by Crippen LogP contribution is -2.50. The van der Waals surface area contributed by atoms with Crippen molar-refractivity contribution in [1.82, 2.24) is 4.90 Å². The fraction of sp³-hybridized carbons (Fsp3) is 1.00. The van der Waals surface area contributed by atoms with E-state index < -0.39 is 0 Å². The van der Waals surface area contributed by atoms with Gasteiger partial charge in [0, 0.05) is 32.3 Å². The summed E-state index contributed by atoms with van der Waals surface area (Å²) in [7, 11) is 3.83. The number of nitrogens with two attached hydrogens (primary N) is 1. The first-order chi connectivity index (χ1) is 7.20. The summed E-state index contributed by atoms with van der Waals surface area (Å²) in [5.74, 6) is 0. The van der Waals surface area contributed by atoms with Crippen LogP contribution in [0, 0.1) is 0 Å². The zero-order chi connectivity index (χ0) is 11.3. The summed E-state index contributed by atoms with van der Waals surface area (Å²) >= 11 is 0. The van der Waals surface area contributed by atoms with E-state index in [1.165, 1.54) is 0 Å². The molecule has 0 aromatic rings. The van der Waals surface area contributed by atoms with Gasteiger partial charge in [0.15, 0.2) is 0 Å². The molecule has 1 fully saturated rings. The summed E-state index contributed by atoms with van der Waals surface area (Å²) in [4.78, 5) is 2.28. The summed E-state index contributed by atoms with van der Waals surface area (Å²) in [5, 5.41) is 0. The van der Waals surface area contributed by atoms with Gasteiger partial charge < -0.3 is 15.2 Å². The van der Waals surface area contributed by atoms with Crippen LogP contribution in [0.5, 0.6) is 0 Å². The Kier molecular flexibility index (Phi) is 5.53. The van der Waals surface area contributed by atoms with Gasteiger partial charge in [0.25, 0.3) is 0 Å². The molecule has 1 aliphatic rings. The topological polar surface area (TPSA) is 47.7 Å². The van der Waals surface area contributed by atoms with E-state index in [4.69, 9.17) is 15.2 Å². The normalized spacial score (nSPS) is 25.8. The zero-order valence-corrected chi connectivity index (χ0v) is 10.1. The Labute approximate surface area is 92.7 Å². The summed E-state index contributed by atoms with van der Waals surface area (Å²) in [6.45, 7) is 4.42. The molecule has 0 radical (unpaired) electrons. The zero-order valence-electron chi connectivity index (χ0n) is 10.1. The van der Waals surface area contributed by atoms with Crippen molar-refractivity contribution in [2.24, 2.45) is 5.73 Å². The second-order valence-electron chi connectivity index (χ2n) is 4.32. The second kappa shape index (κ2) is 6.43. The first kappa shape index (κ1) is 12.9. The van der Waals surface area contributed by atoms with Gasteiger partial charge in [0.05, 0.1) is 12.7 Å². The Morgan fingerprint density at radius 3 is 2.80 bits per heavy atom. The number of rotatable bonds is 6. The van der Waals surface area contributed by atoms with E-state index in [2.05, 4.69) is 18.9 Å². The Morgan fingerprint density at radius 1 is 1.60 bits per heavy atom. The largest absolute Gasteiger partial charge is 0.383 e. The number of nitrogens with zero attached hydrogens (tertiary/aromatic N) is 1. The van der Waals surface area contributed by atoms with E-state index in [-0.39, 0.29) is 0 Å². The summed E-state index contributed by atoms with van der Waals surface area (Å²) in [6.07, 6.45) is 2.60. The van der Waals surface area contributed by atoms with Crippen molar-refractivity contribution >= 4 is 0 Å². The Hall–Kier alpha value is -0.160. The van der Waals surface area contributed by atoms with E-state index in [0.29, 0.717) is 24.7 Å². The second-order valence-corrected chi connectivity index (χ2v) is 4.32. The van der Waals surface area contributed by atoms with Crippen molar-refractivity contribution in [3.8, 4) is 0 Å².